The third-order valence-electron chi connectivity index (χ3n) is 3.78. The molecule has 1 N–H and O–H groups in total. The fourth-order valence-corrected chi connectivity index (χ4v) is 2.60. The average Bonchev–Trinajstić information content (AvgIpc) is 2.90. The Kier molecular flexibility index (Phi) is 3.55. The molecule has 0 aliphatic carbocycles. The molecule has 0 radical (unpaired) electrons. The van der Waals surface area contributed by atoms with Gasteiger partial charge in [0.15, 0.2) is 5.82 Å². The van der Waals surface area contributed by atoms with Crippen LogP contribution in [0.25, 0.3) is 5.82 Å². The van der Waals surface area contributed by atoms with Gasteiger partial charge in [0, 0.05) is 19.2 Å². The molecular weight excluding hydrogens is 270 g/mol. The summed E-state index contributed by atoms with van der Waals surface area (Å²) in [6.45, 7) is 3.71. The monoisotopic (exact) mass is 287 g/mol. The van der Waals surface area contributed by atoms with Gasteiger partial charge in [-0.1, -0.05) is 0 Å². The number of aromatic nitrogens is 4. The summed E-state index contributed by atoms with van der Waals surface area (Å²) in [5.74, 6) is 0.478. The minimum Gasteiger partial charge on any atom is -0.478 e. The molecule has 0 atom stereocenters. The van der Waals surface area contributed by atoms with Gasteiger partial charge in [-0.2, -0.15) is 5.10 Å². The topological polar surface area (TPSA) is 84.1 Å². The first-order chi connectivity index (χ1) is 10.2. The number of hydrogen-bond acceptors (Lipinski definition) is 5. The van der Waals surface area contributed by atoms with Crippen LogP contribution in [0.4, 0.5) is 5.82 Å². The molecule has 2 aromatic rings. The molecule has 0 amide bonds. The second-order valence-electron chi connectivity index (χ2n) is 5.14. The third-order valence-corrected chi connectivity index (χ3v) is 3.78. The Labute approximate surface area is 122 Å². The number of hydrogen-bond donors (Lipinski definition) is 1. The number of carboxylic acids is 1. The van der Waals surface area contributed by atoms with Gasteiger partial charge in [0.2, 0.25) is 0 Å². The van der Waals surface area contributed by atoms with Gasteiger partial charge in [-0.25, -0.2) is 19.4 Å². The number of anilines is 1. The maximum atomic E-state index is 11.1. The Hall–Kier alpha value is -2.44. The Balaban J connectivity index is 1.94. The van der Waals surface area contributed by atoms with E-state index in [-0.39, 0.29) is 5.56 Å². The Morgan fingerprint density at radius 2 is 1.90 bits per heavy atom. The summed E-state index contributed by atoms with van der Waals surface area (Å²) in [6.07, 6.45) is 6.45. The molecule has 0 saturated carbocycles. The first kappa shape index (κ1) is 13.5. The minimum absolute atomic E-state index is 0.188. The van der Waals surface area contributed by atoms with Crippen LogP contribution in [0.5, 0.6) is 0 Å². The van der Waals surface area contributed by atoms with Gasteiger partial charge in [0.05, 0.1) is 11.9 Å². The van der Waals surface area contributed by atoms with Gasteiger partial charge < -0.3 is 10.0 Å². The molecule has 0 spiro atoms. The van der Waals surface area contributed by atoms with E-state index >= 15 is 0 Å². The molecule has 3 rings (SSSR count). The first-order valence-corrected chi connectivity index (χ1v) is 7.02. The van der Waals surface area contributed by atoms with Gasteiger partial charge in [-0.05, 0) is 26.2 Å². The fourth-order valence-electron chi connectivity index (χ4n) is 2.60. The highest BCUT2D eigenvalue weighted by Crippen LogP contribution is 2.20. The van der Waals surface area contributed by atoms with Crippen LogP contribution in [0.15, 0.2) is 18.6 Å². The predicted molar refractivity (Wildman–Crippen MR) is 76.9 cm³/mol. The van der Waals surface area contributed by atoms with E-state index in [1.807, 2.05) is 6.07 Å². The molecular formula is C14H17N5O2. The fraction of sp³-hybridized carbons (Fsp3) is 0.429. The molecule has 7 nitrogen and oxygen atoms in total. The maximum Gasteiger partial charge on any atom is 0.339 e. The van der Waals surface area contributed by atoms with E-state index in [4.69, 9.17) is 5.11 Å². The lowest BCUT2D eigenvalue weighted by molar-refractivity contribution is 0.0696. The van der Waals surface area contributed by atoms with Crippen LogP contribution in [-0.2, 0) is 0 Å². The highest BCUT2D eigenvalue weighted by Gasteiger charge is 2.17. The SMILES string of the molecule is Cc1c(C(=O)O)cnn1-c1cc(N2CCCCC2)ncn1. The van der Waals surface area contributed by atoms with Crippen LogP contribution >= 0.6 is 0 Å². The van der Waals surface area contributed by atoms with Crippen LogP contribution in [0.3, 0.4) is 0 Å². The van der Waals surface area contributed by atoms with Crippen LogP contribution < -0.4 is 4.90 Å². The first-order valence-electron chi connectivity index (χ1n) is 7.02. The molecule has 1 saturated heterocycles. The highest BCUT2D eigenvalue weighted by atomic mass is 16.4. The van der Waals surface area contributed by atoms with Crippen molar-refractivity contribution in [3.8, 4) is 5.82 Å². The van der Waals surface area contributed by atoms with Crippen molar-refractivity contribution in [2.45, 2.75) is 26.2 Å². The Bertz CT molecular complexity index is 661. The number of carbonyl (C=O) groups is 1. The highest BCUT2D eigenvalue weighted by molar-refractivity contribution is 5.88. The van der Waals surface area contributed by atoms with Crippen LogP contribution in [-0.4, -0.2) is 43.9 Å². The molecule has 7 heteroatoms. The van der Waals surface area contributed by atoms with E-state index < -0.39 is 5.97 Å². The van der Waals surface area contributed by atoms with Crippen LogP contribution in [0, 0.1) is 6.92 Å². The van der Waals surface area contributed by atoms with E-state index in [0.29, 0.717) is 11.5 Å². The molecule has 21 heavy (non-hydrogen) atoms. The largest absolute Gasteiger partial charge is 0.478 e. The van der Waals surface area contributed by atoms with Gasteiger partial charge >= 0.3 is 5.97 Å². The lowest BCUT2D eigenvalue weighted by Crippen LogP contribution is -2.30. The molecule has 0 aromatic carbocycles. The van der Waals surface area contributed by atoms with Crippen molar-refractivity contribution in [2.24, 2.45) is 0 Å². The zero-order valence-corrected chi connectivity index (χ0v) is 11.9. The standard InChI is InChI=1S/C14H17N5O2/c1-10-11(14(20)21)8-17-19(10)13-7-12(15-9-16-13)18-5-3-2-4-6-18/h7-9H,2-6H2,1H3,(H,20,21). The average molecular weight is 287 g/mol. The molecule has 1 aliphatic heterocycles. The molecule has 110 valence electrons. The number of carboxylic acid groups (broad SMARTS) is 1. The summed E-state index contributed by atoms with van der Waals surface area (Å²) in [6, 6.07) is 1.86. The van der Waals surface area contributed by atoms with E-state index in [0.717, 1.165) is 18.9 Å². The lowest BCUT2D eigenvalue weighted by atomic mass is 10.1. The van der Waals surface area contributed by atoms with E-state index in [9.17, 15) is 4.79 Å². The van der Waals surface area contributed by atoms with Crippen molar-refractivity contribution in [3.63, 3.8) is 0 Å². The molecule has 1 aliphatic rings. The zero-order valence-electron chi connectivity index (χ0n) is 11.9. The normalized spacial score (nSPS) is 15.2. The number of nitrogens with zero attached hydrogens (tertiary/aromatic N) is 5. The summed E-state index contributed by atoms with van der Waals surface area (Å²) < 4.78 is 1.54. The zero-order chi connectivity index (χ0) is 14.8. The smallest absolute Gasteiger partial charge is 0.339 e. The van der Waals surface area contributed by atoms with Crippen molar-refractivity contribution in [1.29, 1.82) is 0 Å². The van der Waals surface area contributed by atoms with E-state index in [2.05, 4.69) is 20.0 Å². The van der Waals surface area contributed by atoms with Crippen molar-refractivity contribution in [3.05, 3.63) is 29.8 Å². The maximum absolute atomic E-state index is 11.1. The molecule has 0 bridgehead atoms. The molecule has 0 unspecified atom stereocenters. The van der Waals surface area contributed by atoms with Crippen LogP contribution in [0.1, 0.15) is 35.3 Å². The van der Waals surface area contributed by atoms with Gasteiger partial charge in [0.25, 0.3) is 0 Å². The minimum atomic E-state index is -0.982. The van der Waals surface area contributed by atoms with Crippen LogP contribution in [0.2, 0.25) is 0 Å². The second-order valence-corrected chi connectivity index (χ2v) is 5.14. The quantitative estimate of drug-likeness (QED) is 0.924. The summed E-state index contributed by atoms with van der Waals surface area (Å²) in [5, 5.41) is 13.2. The van der Waals surface area contributed by atoms with Crippen molar-refractivity contribution >= 4 is 11.8 Å². The van der Waals surface area contributed by atoms with Gasteiger partial charge in [0.1, 0.15) is 17.7 Å². The number of piperidine rings is 1. The van der Waals surface area contributed by atoms with Crippen molar-refractivity contribution in [2.75, 3.05) is 18.0 Å². The Morgan fingerprint density at radius 1 is 1.19 bits per heavy atom. The summed E-state index contributed by atoms with van der Waals surface area (Å²) >= 11 is 0. The van der Waals surface area contributed by atoms with E-state index in [1.54, 1.807) is 11.6 Å². The van der Waals surface area contributed by atoms with E-state index in [1.165, 1.54) is 31.8 Å². The summed E-state index contributed by atoms with van der Waals surface area (Å²) in [5.41, 5.74) is 0.749. The summed E-state index contributed by atoms with van der Waals surface area (Å²) in [4.78, 5) is 21.8. The number of rotatable bonds is 3. The lowest BCUT2D eigenvalue weighted by Gasteiger charge is -2.27. The van der Waals surface area contributed by atoms with Crippen molar-refractivity contribution in [1.82, 2.24) is 19.7 Å². The summed E-state index contributed by atoms with van der Waals surface area (Å²) in [7, 11) is 0. The second kappa shape index (κ2) is 5.51. The predicted octanol–water partition coefficient (Wildman–Crippen LogP) is 1.66. The number of aromatic carboxylic acids is 1. The molecule has 3 heterocycles. The van der Waals surface area contributed by atoms with Crippen molar-refractivity contribution < 1.29 is 9.90 Å². The molecule has 2 aromatic heterocycles. The van der Waals surface area contributed by atoms with Gasteiger partial charge in [-0.3, -0.25) is 0 Å². The third kappa shape index (κ3) is 2.58. The Morgan fingerprint density at radius 3 is 2.57 bits per heavy atom. The molecule has 1 fully saturated rings. The van der Waals surface area contributed by atoms with Gasteiger partial charge in [-0.15, -0.1) is 0 Å².